The monoisotopic (exact) mass is 267 g/mol. The van der Waals surface area contributed by atoms with Crippen LogP contribution in [0.1, 0.15) is 31.2 Å². The quantitative estimate of drug-likeness (QED) is 0.884. The highest BCUT2D eigenvalue weighted by Gasteiger charge is 2.18. The van der Waals surface area contributed by atoms with Crippen molar-refractivity contribution in [3.63, 3.8) is 0 Å². The van der Waals surface area contributed by atoms with Crippen molar-refractivity contribution in [2.45, 2.75) is 25.7 Å². The van der Waals surface area contributed by atoms with Crippen LogP contribution in [0, 0.1) is 5.92 Å². The zero-order valence-electron chi connectivity index (χ0n) is 9.17. The van der Waals surface area contributed by atoms with E-state index in [2.05, 4.69) is 52.4 Å². The van der Waals surface area contributed by atoms with E-state index in [1.165, 1.54) is 36.0 Å². The van der Waals surface area contributed by atoms with Crippen LogP contribution in [0.3, 0.4) is 0 Å². The lowest BCUT2D eigenvalue weighted by atomic mass is 9.90. The van der Waals surface area contributed by atoms with Crippen molar-refractivity contribution in [3.8, 4) is 0 Å². The van der Waals surface area contributed by atoms with Gasteiger partial charge in [-0.1, -0.05) is 35.0 Å². The fourth-order valence-corrected chi connectivity index (χ4v) is 2.78. The maximum absolute atomic E-state index is 3.53. The van der Waals surface area contributed by atoms with E-state index in [1.807, 2.05) is 0 Å². The van der Waals surface area contributed by atoms with Gasteiger partial charge < -0.3 is 5.32 Å². The molecule has 1 aliphatic rings. The number of benzene rings is 1. The minimum absolute atomic E-state index is 0.674. The van der Waals surface area contributed by atoms with Crippen LogP contribution < -0.4 is 5.32 Å². The van der Waals surface area contributed by atoms with E-state index < -0.39 is 0 Å². The van der Waals surface area contributed by atoms with Crippen LogP contribution in [0.15, 0.2) is 28.7 Å². The van der Waals surface area contributed by atoms with Crippen molar-refractivity contribution in [1.29, 1.82) is 0 Å². The lowest BCUT2D eigenvalue weighted by Crippen LogP contribution is -2.11. The molecule has 15 heavy (non-hydrogen) atoms. The van der Waals surface area contributed by atoms with E-state index >= 15 is 0 Å². The molecule has 0 spiro atoms. The van der Waals surface area contributed by atoms with Gasteiger partial charge in [0.25, 0.3) is 0 Å². The second-order valence-corrected chi connectivity index (χ2v) is 5.47. The van der Waals surface area contributed by atoms with Gasteiger partial charge in [-0.15, -0.1) is 0 Å². The van der Waals surface area contributed by atoms with E-state index in [9.17, 15) is 0 Å². The number of rotatable bonds is 3. The Morgan fingerprint density at radius 1 is 1.53 bits per heavy atom. The fourth-order valence-electron chi connectivity index (χ4n) is 2.36. The third kappa shape index (κ3) is 3.05. The molecule has 82 valence electrons. The molecule has 2 heteroatoms. The van der Waals surface area contributed by atoms with Crippen molar-refractivity contribution >= 4 is 15.9 Å². The summed E-state index contributed by atoms with van der Waals surface area (Å²) in [5, 5.41) is 3.43. The van der Waals surface area contributed by atoms with Gasteiger partial charge in [0.05, 0.1) is 0 Å². The van der Waals surface area contributed by atoms with Crippen LogP contribution in [0.2, 0.25) is 0 Å². The van der Waals surface area contributed by atoms with Gasteiger partial charge >= 0.3 is 0 Å². The Labute approximate surface area is 100 Å². The zero-order valence-corrected chi connectivity index (χ0v) is 10.8. The van der Waals surface area contributed by atoms with Crippen molar-refractivity contribution in [2.75, 3.05) is 13.1 Å². The van der Waals surface area contributed by atoms with Crippen LogP contribution in [-0.2, 0) is 0 Å². The topological polar surface area (TPSA) is 12.0 Å². The van der Waals surface area contributed by atoms with Gasteiger partial charge in [-0.2, -0.15) is 0 Å². The number of halogens is 1. The lowest BCUT2D eigenvalue weighted by Gasteiger charge is -2.16. The Bertz CT molecular complexity index is 318. The molecular formula is C13H18BrN. The molecule has 0 bridgehead atoms. The third-order valence-electron chi connectivity index (χ3n) is 3.27. The number of hydrogen-bond acceptors (Lipinski definition) is 1. The second kappa shape index (κ2) is 5.13. The Morgan fingerprint density at radius 3 is 3.07 bits per heavy atom. The summed E-state index contributed by atoms with van der Waals surface area (Å²) >= 11 is 3.53. The Kier molecular flexibility index (Phi) is 3.81. The fraction of sp³-hybridized carbons (Fsp3) is 0.538. The second-order valence-electron chi connectivity index (χ2n) is 4.55. The first kappa shape index (κ1) is 11.2. The molecule has 1 fully saturated rings. The predicted octanol–water partition coefficient (Wildman–Crippen LogP) is 3.55. The van der Waals surface area contributed by atoms with Crippen molar-refractivity contribution in [3.05, 3.63) is 34.3 Å². The SMILES string of the molecule is CC(CC1CCNC1)c1cccc(Br)c1. The lowest BCUT2D eigenvalue weighted by molar-refractivity contribution is 0.483. The molecular weight excluding hydrogens is 250 g/mol. The largest absolute Gasteiger partial charge is 0.316 e. The first-order chi connectivity index (χ1) is 7.25. The summed E-state index contributed by atoms with van der Waals surface area (Å²) in [5.41, 5.74) is 1.45. The van der Waals surface area contributed by atoms with E-state index in [0.29, 0.717) is 5.92 Å². The van der Waals surface area contributed by atoms with Gasteiger partial charge in [0.15, 0.2) is 0 Å². The van der Waals surface area contributed by atoms with Crippen LogP contribution >= 0.6 is 15.9 Å². The standard InChI is InChI=1S/C13H18BrN/c1-10(7-11-5-6-15-9-11)12-3-2-4-13(14)8-12/h2-4,8,10-11,15H,5-7,9H2,1H3. The molecule has 1 saturated heterocycles. The molecule has 1 heterocycles. The average Bonchev–Trinajstić information content (AvgIpc) is 2.70. The molecule has 0 aromatic heterocycles. The summed E-state index contributed by atoms with van der Waals surface area (Å²) in [7, 11) is 0. The van der Waals surface area contributed by atoms with Crippen LogP contribution in [0.4, 0.5) is 0 Å². The van der Waals surface area contributed by atoms with E-state index in [1.54, 1.807) is 0 Å². The molecule has 2 rings (SSSR count). The molecule has 0 radical (unpaired) electrons. The first-order valence-electron chi connectivity index (χ1n) is 5.72. The first-order valence-corrected chi connectivity index (χ1v) is 6.51. The van der Waals surface area contributed by atoms with Crippen molar-refractivity contribution < 1.29 is 0 Å². The van der Waals surface area contributed by atoms with E-state index in [4.69, 9.17) is 0 Å². The minimum Gasteiger partial charge on any atom is -0.316 e. The van der Waals surface area contributed by atoms with Crippen LogP contribution in [0.5, 0.6) is 0 Å². The summed E-state index contributed by atoms with van der Waals surface area (Å²) in [5.74, 6) is 1.55. The van der Waals surface area contributed by atoms with Crippen molar-refractivity contribution in [2.24, 2.45) is 5.92 Å². The van der Waals surface area contributed by atoms with Gasteiger partial charge in [-0.3, -0.25) is 0 Å². The predicted molar refractivity (Wildman–Crippen MR) is 68.2 cm³/mol. The molecule has 1 aromatic rings. The van der Waals surface area contributed by atoms with E-state index in [0.717, 1.165) is 5.92 Å². The molecule has 1 aromatic carbocycles. The highest BCUT2D eigenvalue weighted by atomic mass is 79.9. The van der Waals surface area contributed by atoms with Gasteiger partial charge in [0, 0.05) is 4.47 Å². The summed E-state index contributed by atoms with van der Waals surface area (Å²) in [6.07, 6.45) is 2.65. The summed E-state index contributed by atoms with van der Waals surface area (Å²) < 4.78 is 1.19. The summed E-state index contributed by atoms with van der Waals surface area (Å²) in [6.45, 7) is 4.74. The summed E-state index contributed by atoms with van der Waals surface area (Å²) in [4.78, 5) is 0. The molecule has 1 aliphatic heterocycles. The van der Waals surface area contributed by atoms with Crippen LogP contribution in [0.25, 0.3) is 0 Å². The highest BCUT2D eigenvalue weighted by molar-refractivity contribution is 9.10. The molecule has 1 nitrogen and oxygen atoms in total. The molecule has 2 atom stereocenters. The smallest absolute Gasteiger partial charge is 0.0178 e. The minimum atomic E-state index is 0.674. The molecule has 0 saturated carbocycles. The molecule has 1 N–H and O–H groups in total. The zero-order chi connectivity index (χ0) is 10.7. The maximum Gasteiger partial charge on any atom is 0.0178 e. The van der Waals surface area contributed by atoms with Gasteiger partial charge in [-0.05, 0) is 55.5 Å². The molecule has 0 amide bonds. The highest BCUT2D eigenvalue weighted by Crippen LogP contribution is 2.27. The normalized spacial score (nSPS) is 22.9. The third-order valence-corrected chi connectivity index (χ3v) is 3.76. The van der Waals surface area contributed by atoms with Gasteiger partial charge in [0.1, 0.15) is 0 Å². The van der Waals surface area contributed by atoms with Gasteiger partial charge in [0.2, 0.25) is 0 Å². The van der Waals surface area contributed by atoms with Crippen LogP contribution in [-0.4, -0.2) is 13.1 Å². The van der Waals surface area contributed by atoms with Crippen molar-refractivity contribution in [1.82, 2.24) is 5.32 Å². The number of nitrogens with one attached hydrogen (secondary N) is 1. The molecule has 0 aliphatic carbocycles. The van der Waals surface area contributed by atoms with E-state index in [-0.39, 0.29) is 0 Å². The molecule has 2 unspecified atom stereocenters. The average molecular weight is 268 g/mol. The summed E-state index contributed by atoms with van der Waals surface area (Å²) in [6, 6.07) is 8.70. The Hall–Kier alpha value is -0.340. The van der Waals surface area contributed by atoms with Gasteiger partial charge in [-0.25, -0.2) is 0 Å². The maximum atomic E-state index is 3.53. The Balaban J connectivity index is 1.97. The Morgan fingerprint density at radius 2 is 2.40 bits per heavy atom. The number of hydrogen-bond donors (Lipinski definition) is 1.